The SMILES string of the molecule is Cc1cccc(-c2cnn(-c3ccccc3)c2C2CCCCN2)c1. The highest BCUT2D eigenvalue weighted by Crippen LogP contribution is 2.34. The van der Waals surface area contributed by atoms with Crippen molar-refractivity contribution in [2.45, 2.75) is 32.2 Å². The van der Waals surface area contributed by atoms with Gasteiger partial charge in [0.1, 0.15) is 0 Å². The molecule has 3 nitrogen and oxygen atoms in total. The Hall–Kier alpha value is -2.39. The van der Waals surface area contributed by atoms with Gasteiger partial charge in [-0.3, -0.25) is 0 Å². The number of hydrogen-bond donors (Lipinski definition) is 1. The fraction of sp³-hybridized carbons (Fsp3) is 0.286. The predicted octanol–water partition coefficient (Wildman–Crippen LogP) is 4.66. The molecule has 122 valence electrons. The number of para-hydroxylation sites is 1. The topological polar surface area (TPSA) is 29.9 Å². The molecule has 1 unspecified atom stereocenters. The van der Waals surface area contributed by atoms with E-state index >= 15 is 0 Å². The van der Waals surface area contributed by atoms with Crippen LogP contribution in [0, 0.1) is 6.92 Å². The van der Waals surface area contributed by atoms with E-state index in [4.69, 9.17) is 5.10 Å². The monoisotopic (exact) mass is 317 g/mol. The van der Waals surface area contributed by atoms with Crippen molar-refractivity contribution in [3.05, 3.63) is 72.1 Å². The summed E-state index contributed by atoms with van der Waals surface area (Å²) >= 11 is 0. The Morgan fingerprint density at radius 3 is 2.67 bits per heavy atom. The van der Waals surface area contributed by atoms with E-state index < -0.39 is 0 Å². The van der Waals surface area contributed by atoms with Crippen molar-refractivity contribution in [1.82, 2.24) is 15.1 Å². The van der Waals surface area contributed by atoms with Crippen LogP contribution in [-0.2, 0) is 0 Å². The molecule has 0 spiro atoms. The summed E-state index contributed by atoms with van der Waals surface area (Å²) in [6, 6.07) is 19.5. The Morgan fingerprint density at radius 1 is 1.04 bits per heavy atom. The summed E-state index contributed by atoms with van der Waals surface area (Å²) in [5.41, 5.74) is 6.18. The van der Waals surface area contributed by atoms with Gasteiger partial charge < -0.3 is 5.32 Å². The largest absolute Gasteiger partial charge is 0.309 e. The highest BCUT2D eigenvalue weighted by molar-refractivity contribution is 5.67. The lowest BCUT2D eigenvalue weighted by Crippen LogP contribution is -2.29. The minimum atomic E-state index is 0.358. The van der Waals surface area contributed by atoms with Crippen molar-refractivity contribution >= 4 is 0 Å². The Kier molecular flexibility index (Phi) is 4.18. The zero-order valence-electron chi connectivity index (χ0n) is 14.1. The Balaban J connectivity index is 1.86. The third-order valence-corrected chi connectivity index (χ3v) is 4.78. The number of nitrogens with one attached hydrogen (secondary N) is 1. The highest BCUT2D eigenvalue weighted by Gasteiger charge is 2.24. The molecule has 24 heavy (non-hydrogen) atoms. The van der Waals surface area contributed by atoms with Crippen molar-refractivity contribution in [3.63, 3.8) is 0 Å². The number of benzene rings is 2. The number of piperidine rings is 1. The molecule has 0 radical (unpaired) electrons. The smallest absolute Gasteiger partial charge is 0.0690 e. The van der Waals surface area contributed by atoms with E-state index in [9.17, 15) is 0 Å². The summed E-state index contributed by atoms with van der Waals surface area (Å²) in [6.45, 7) is 3.22. The molecule has 0 saturated carbocycles. The van der Waals surface area contributed by atoms with Crippen LogP contribution in [0.25, 0.3) is 16.8 Å². The van der Waals surface area contributed by atoms with Crippen LogP contribution in [0.2, 0.25) is 0 Å². The number of nitrogens with zero attached hydrogens (tertiary/aromatic N) is 2. The maximum atomic E-state index is 4.74. The first-order chi connectivity index (χ1) is 11.8. The standard InChI is InChI=1S/C21H23N3/c1-16-8-7-9-17(14-16)19-15-23-24(18-10-3-2-4-11-18)21(19)20-12-5-6-13-22-20/h2-4,7-11,14-15,20,22H,5-6,12-13H2,1H3. The first-order valence-electron chi connectivity index (χ1n) is 8.77. The average molecular weight is 317 g/mol. The van der Waals surface area contributed by atoms with E-state index in [0.717, 1.165) is 18.7 Å². The third kappa shape index (κ3) is 2.87. The van der Waals surface area contributed by atoms with Crippen molar-refractivity contribution < 1.29 is 0 Å². The van der Waals surface area contributed by atoms with Gasteiger partial charge in [0.25, 0.3) is 0 Å². The molecule has 0 aliphatic carbocycles. The van der Waals surface area contributed by atoms with Crippen LogP contribution in [0.3, 0.4) is 0 Å². The van der Waals surface area contributed by atoms with Crippen molar-refractivity contribution in [2.75, 3.05) is 6.54 Å². The quantitative estimate of drug-likeness (QED) is 0.761. The first-order valence-corrected chi connectivity index (χ1v) is 8.77. The molecule has 2 aromatic carbocycles. The normalized spacial score (nSPS) is 17.8. The summed E-state index contributed by atoms with van der Waals surface area (Å²) < 4.78 is 2.11. The van der Waals surface area contributed by atoms with Gasteiger partial charge in [-0.2, -0.15) is 5.10 Å². The van der Waals surface area contributed by atoms with E-state index in [1.807, 2.05) is 12.3 Å². The summed E-state index contributed by atoms with van der Waals surface area (Å²) in [6.07, 6.45) is 5.71. The Labute approximate surface area is 143 Å². The van der Waals surface area contributed by atoms with Gasteiger partial charge in [-0.15, -0.1) is 0 Å². The van der Waals surface area contributed by atoms with E-state index in [1.54, 1.807) is 0 Å². The van der Waals surface area contributed by atoms with Crippen LogP contribution in [0.5, 0.6) is 0 Å². The van der Waals surface area contributed by atoms with Gasteiger partial charge in [-0.05, 0) is 44.0 Å². The molecule has 2 heterocycles. The second-order valence-electron chi connectivity index (χ2n) is 6.56. The summed E-state index contributed by atoms with van der Waals surface area (Å²) in [7, 11) is 0. The van der Waals surface area contributed by atoms with E-state index in [2.05, 4.69) is 65.5 Å². The molecule has 1 aliphatic rings. The maximum absolute atomic E-state index is 4.74. The van der Waals surface area contributed by atoms with E-state index in [-0.39, 0.29) is 0 Å². The lowest BCUT2D eigenvalue weighted by Gasteiger charge is -2.25. The Bertz CT molecular complexity index is 814. The molecular formula is C21H23N3. The zero-order valence-corrected chi connectivity index (χ0v) is 14.1. The molecule has 1 aliphatic heterocycles. The lowest BCUT2D eigenvalue weighted by molar-refractivity contribution is 0.399. The molecule has 3 heteroatoms. The summed E-state index contributed by atoms with van der Waals surface area (Å²) in [5, 5.41) is 8.44. The van der Waals surface area contributed by atoms with Gasteiger partial charge in [0.05, 0.1) is 23.6 Å². The highest BCUT2D eigenvalue weighted by atomic mass is 15.3. The minimum Gasteiger partial charge on any atom is -0.309 e. The van der Waals surface area contributed by atoms with Crippen LogP contribution >= 0.6 is 0 Å². The predicted molar refractivity (Wildman–Crippen MR) is 98.3 cm³/mol. The fourth-order valence-electron chi connectivity index (χ4n) is 3.59. The molecule has 1 aromatic heterocycles. The molecule has 1 N–H and O–H groups in total. The van der Waals surface area contributed by atoms with Gasteiger partial charge >= 0.3 is 0 Å². The van der Waals surface area contributed by atoms with Crippen molar-refractivity contribution in [1.29, 1.82) is 0 Å². The molecule has 4 rings (SSSR count). The van der Waals surface area contributed by atoms with Gasteiger partial charge in [0, 0.05) is 5.56 Å². The number of rotatable bonds is 3. The lowest BCUT2D eigenvalue weighted by atomic mass is 9.95. The molecule has 1 atom stereocenters. The number of hydrogen-bond acceptors (Lipinski definition) is 2. The van der Waals surface area contributed by atoms with Gasteiger partial charge in [0.15, 0.2) is 0 Å². The first kappa shape index (κ1) is 15.2. The molecular weight excluding hydrogens is 294 g/mol. The zero-order chi connectivity index (χ0) is 16.4. The molecule has 0 bridgehead atoms. The average Bonchev–Trinajstić information content (AvgIpc) is 3.08. The van der Waals surface area contributed by atoms with Crippen molar-refractivity contribution in [2.24, 2.45) is 0 Å². The van der Waals surface area contributed by atoms with E-state index in [1.165, 1.54) is 35.2 Å². The number of aryl methyl sites for hydroxylation is 1. The molecule has 1 saturated heterocycles. The minimum absolute atomic E-state index is 0.358. The molecule has 0 amide bonds. The van der Waals surface area contributed by atoms with Crippen LogP contribution in [0.4, 0.5) is 0 Å². The second-order valence-corrected chi connectivity index (χ2v) is 6.56. The van der Waals surface area contributed by atoms with Gasteiger partial charge in [-0.1, -0.05) is 54.4 Å². The van der Waals surface area contributed by atoms with Crippen LogP contribution in [0.15, 0.2) is 60.8 Å². The molecule has 3 aromatic rings. The Morgan fingerprint density at radius 2 is 1.92 bits per heavy atom. The van der Waals surface area contributed by atoms with Crippen LogP contribution < -0.4 is 5.32 Å². The molecule has 1 fully saturated rings. The fourth-order valence-corrected chi connectivity index (χ4v) is 3.59. The second kappa shape index (κ2) is 6.62. The van der Waals surface area contributed by atoms with E-state index in [0.29, 0.717) is 6.04 Å². The third-order valence-electron chi connectivity index (χ3n) is 4.78. The van der Waals surface area contributed by atoms with Gasteiger partial charge in [0.2, 0.25) is 0 Å². The van der Waals surface area contributed by atoms with Crippen LogP contribution in [-0.4, -0.2) is 16.3 Å². The maximum Gasteiger partial charge on any atom is 0.0690 e. The van der Waals surface area contributed by atoms with Gasteiger partial charge in [-0.25, -0.2) is 4.68 Å². The van der Waals surface area contributed by atoms with Crippen LogP contribution in [0.1, 0.15) is 36.6 Å². The van der Waals surface area contributed by atoms with Crippen molar-refractivity contribution in [3.8, 4) is 16.8 Å². The summed E-state index contributed by atoms with van der Waals surface area (Å²) in [4.78, 5) is 0. The number of aromatic nitrogens is 2. The summed E-state index contributed by atoms with van der Waals surface area (Å²) in [5.74, 6) is 0.